The van der Waals surface area contributed by atoms with Crippen LogP contribution in [0, 0.1) is 12.7 Å². The summed E-state index contributed by atoms with van der Waals surface area (Å²) in [5.41, 5.74) is 2.87. The molecule has 2 aromatic rings. The van der Waals surface area contributed by atoms with E-state index in [1.165, 1.54) is 6.07 Å². The van der Waals surface area contributed by atoms with Crippen LogP contribution < -0.4 is 5.32 Å². The summed E-state index contributed by atoms with van der Waals surface area (Å²) in [7, 11) is 1.92. The predicted molar refractivity (Wildman–Crippen MR) is 84.1 cm³/mol. The van der Waals surface area contributed by atoms with E-state index in [0.717, 1.165) is 24.2 Å². The van der Waals surface area contributed by atoms with Gasteiger partial charge in [-0.15, -0.1) is 0 Å². The van der Waals surface area contributed by atoms with E-state index in [0.29, 0.717) is 17.0 Å². The van der Waals surface area contributed by atoms with E-state index in [4.69, 9.17) is 11.6 Å². The van der Waals surface area contributed by atoms with Crippen LogP contribution in [0.15, 0.2) is 24.4 Å². The highest BCUT2D eigenvalue weighted by atomic mass is 35.5. The SMILES string of the molecule is CCCNC(Cc1ccc(Cl)cc1F)c1cnn(C)c1C. The van der Waals surface area contributed by atoms with Gasteiger partial charge in [0.05, 0.1) is 6.20 Å². The van der Waals surface area contributed by atoms with Crippen LogP contribution in [0.4, 0.5) is 4.39 Å². The van der Waals surface area contributed by atoms with Gasteiger partial charge in [-0.1, -0.05) is 24.6 Å². The maximum Gasteiger partial charge on any atom is 0.127 e. The smallest absolute Gasteiger partial charge is 0.127 e. The van der Waals surface area contributed by atoms with Crippen molar-refractivity contribution in [3.63, 3.8) is 0 Å². The Bertz CT molecular complexity index is 610. The van der Waals surface area contributed by atoms with Crippen LogP contribution >= 0.6 is 11.6 Å². The number of aromatic nitrogens is 2. The molecule has 0 bridgehead atoms. The van der Waals surface area contributed by atoms with Gasteiger partial charge in [-0.05, 0) is 44.0 Å². The zero-order valence-electron chi connectivity index (χ0n) is 12.7. The second-order valence-electron chi connectivity index (χ2n) is 5.26. The average molecular weight is 310 g/mol. The first-order valence-electron chi connectivity index (χ1n) is 7.18. The molecule has 0 radical (unpaired) electrons. The molecule has 1 atom stereocenters. The summed E-state index contributed by atoms with van der Waals surface area (Å²) in [5.74, 6) is -0.257. The van der Waals surface area contributed by atoms with Crippen LogP contribution in [-0.4, -0.2) is 16.3 Å². The Balaban J connectivity index is 2.26. The molecule has 2 rings (SSSR count). The van der Waals surface area contributed by atoms with Gasteiger partial charge in [0.25, 0.3) is 0 Å². The number of nitrogens with one attached hydrogen (secondary N) is 1. The minimum atomic E-state index is -0.257. The van der Waals surface area contributed by atoms with Gasteiger partial charge in [-0.25, -0.2) is 4.39 Å². The molecule has 0 spiro atoms. The molecular weight excluding hydrogens is 289 g/mol. The molecule has 21 heavy (non-hydrogen) atoms. The molecule has 0 saturated carbocycles. The first kappa shape index (κ1) is 16.0. The molecule has 114 valence electrons. The minimum Gasteiger partial charge on any atom is -0.310 e. The van der Waals surface area contributed by atoms with Crippen molar-refractivity contribution in [3.05, 3.63) is 52.1 Å². The number of rotatable bonds is 6. The van der Waals surface area contributed by atoms with E-state index in [2.05, 4.69) is 17.3 Å². The van der Waals surface area contributed by atoms with Crippen LogP contribution in [0.1, 0.15) is 36.2 Å². The molecule has 5 heteroatoms. The van der Waals surface area contributed by atoms with Crippen LogP contribution in [0.3, 0.4) is 0 Å². The second-order valence-corrected chi connectivity index (χ2v) is 5.69. The van der Waals surface area contributed by atoms with Gasteiger partial charge < -0.3 is 5.32 Å². The molecule has 0 fully saturated rings. The Morgan fingerprint density at radius 1 is 1.43 bits per heavy atom. The van der Waals surface area contributed by atoms with E-state index in [9.17, 15) is 4.39 Å². The Kier molecular flexibility index (Phi) is 5.37. The molecule has 0 amide bonds. The van der Waals surface area contributed by atoms with Crippen molar-refractivity contribution < 1.29 is 4.39 Å². The van der Waals surface area contributed by atoms with Gasteiger partial charge in [0, 0.05) is 29.4 Å². The van der Waals surface area contributed by atoms with Gasteiger partial charge in [-0.3, -0.25) is 4.68 Å². The summed E-state index contributed by atoms with van der Waals surface area (Å²) in [6, 6.07) is 4.90. The predicted octanol–water partition coefficient (Wildman–Crippen LogP) is 3.80. The maximum atomic E-state index is 14.0. The number of nitrogens with zero attached hydrogens (tertiary/aromatic N) is 2. The van der Waals surface area contributed by atoms with Gasteiger partial charge >= 0.3 is 0 Å². The maximum absolute atomic E-state index is 14.0. The lowest BCUT2D eigenvalue weighted by Crippen LogP contribution is -2.25. The van der Waals surface area contributed by atoms with Crippen molar-refractivity contribution in [1.29, 1.82) is 0 Å². The van der Waals surface area contributed by atoms with Crippen molar-refractivity contribution >= 4 is 11.6 Å². The molecule has 1 aromatic heterocycles. The molecule has 0 aliphatic heterocycles. The highest BCUT2D eigenvalue weighted by Crippen LogP contribution is 2.24. The van der Waals surface area contributed by atoms with Crippen molar-refractivity contribution in [2.45, 2.75) is 32.7 Å². The van der Waals surface area contributed by atoms with E-state index in [1.807, 2.05) is 24.9 Å². The third kappa shape index (κ3) is 3.83. The zero-order chi connectivity index (χ0) is 15.4. The first-order valence-corrected chi connectivity index (χ1v) is 7.56. The summed E-state index contributed by atoms with van der Waals surface area (Å²) in [4.78, 5) is 0. The lowest BCUT2D eigenvalue weighted by Gasteiger charge is -2.19. The molecule has 0 saturated heterocycles. The second kappa shape index (κ2) is 7.05. The lowest BCUT2D eigenvalue weighted by atomic mass is 9.99. The molecule has 1 N–H and O–H groups in total. The summed E-state index contributed by atoms with van der Waals surface area (Å²) < 4.78 is 15.9. The number of hydrogen-bond acceptors (Lipinski definition) is 2. The largest absolute Gasteiger partial charge is 0.310 e. The third-order valence-electron chi connectivity index (χ3n) is 3.73. The van der Waals surface area contributed by atoms with Crippen LogP contribution in [-0.2, 0) is 13.5 Å². The minimum absolute atomic E-state index is 0.0503. The molecule has 0 aliphatic rings. The molecule has 1 heterocycles. The summed E-state index contributed by atoms with van der Waals surface area (Å²) >= 11 is 5.81. The fourth-order valence-electron chi connectivity index (χ4n) is 2.38. The summed E-state index contributed by atoms with van der Waals surface area (Å²) in [6.45, 7) is 5.03. The van der Waals surface area contributed by atoms with E-state index >= 15 is 0 Å². The summed E-state index contributed by atoms with van der Waals surface area (Å²) in [6.07, 6.45) is 3.46. The monoisotopic (exact) mass is 309 g/mol. The van der Waals surface area contributed by atoms with E-state index in [-0.39, 0.29) is 11.9 Å². The Labute approximate surface area is 130 Å². The number of halogens is 2. The van der Waals surface area contributed by atoms with Crippen LogP contribution in [0.25, 0.3) is 0 Å². The lowest BCUT2D eigenvalue weighted by molar-refractivity contribution is 0.510. The van der Waals surface area contributed by atoms with E-state index in [1.54, 1.807) is 12.1 Å². The fraction of sp³-hybridized carbons (Fsp3) is 0.438. The topological polar surface area (TPSA) is 29.9 Å². The number of benzene rings is 1. The van der Waals surface area contributed by atoms with E-state index < -0.39 is 0 Å². The fourth-order valence-corrected chi connectivity index (χ4v) is 2.53. The Morgan fingerprint density at radius 3 is 2.76 bits per heavy atom. The van der Waals surface area contributed by atoms with Crippen molar-refractivity contribution in [1.82, 2.24) is 15.1 Å². The van der Waals surface area contributed by atoms with Crippen molar-refractivity contribution in [3.8, 4) is 0 Å². The summed E-state index contributed by atoms with van der Waals surface area (Å²) in [5, 5.41) is 8.19. The molecular formula is C16H21ClFN3. The number of aryl methyl sites for hydroxylation is 1. The zero-order valence-corrected chi connectivity index (χ0v) is 13.4. The Hall–Kier alpha value is -1.39. The normalized spacial score (nSPS) is 12.6. The standard InChI is InChI=1S/C16H21ClFN3/c1-4-7-19-16(14-10-20-21(3)11(14)2)8-12-5-6-13(17)9-15(12)18/h5-6,9-10,16,19H,4,7-8H2,1-3H3. The molecule has 3 nitrogen and oxygen atoms in total. The number of hydrogen-bond donors (Lipinski definition) is 1. The van der Waals surface area contributed by atoms with Gasteiger partial charge in [0.15, 0.2) is 0 Å². The quantitative estimate of drug-likeness (QED) is 0.879. The first-order chi connectivity index (χ1) is 10.0. The average Bonchev–Trinajstić information content (AvgIpc) is 2.77. The molecule has 1 aromatic carbocycles. The van der Waals surface area contributed by atoms with Gasteiger partial charge in [0.1, 0.15) is 5.82 Å². The van der Waals surface area contributed by atoms with Crippen LogP contribution in [0.2, 0.25) is 5.02 Å². The third-order valence-corrected chi connectivity index (χ3v) is 3.96. The Morgan fingerprint density at radius 2 is 2.19 bits per heavy atom. The highest BCUT2D eigenvalue weighted by Gasteiger charge is 2.18. The van der Waals surface area contributed by atoms with Crippen molar-refractivity contribution in [2.75, 3.05) is 6.54 Å². The van der Waals surface area contributed by atoms with Gasteiger partial charge in [-0.2, -0.15) is 5.10 Å². The van der Waals surface area contributed by atoms with Crippen molar-refractivity contribution in [2.24, 2.45) is 7.05 Å². The highest BCUT2D eigenvalue weighted by molar-refractivity contribution is 6.30. The van der Waals surface area contributed by atoms with Crippen LogP contribution in [0.5, 0.6) is 0 Å². The molecule has 0 aliphatic carbocycles. The van der Waals surface area contributed by atoms with Gasteiger partial charge in [0.2, 0.25) is 0 Å². The molecule has 1 unspecified atom stereocenters.